The van der Waals surface area contributed by atoms with Gasteiger partial charge in [0, 0.05) is 11.6 Å². The monoisotopic (exact) mass is 579 g/mol. The van der Waals surface area contributed by atoms with Crippen molar-refractivity contribution in [2.75, 3.05) is 0 Å². The molecule has 1 N–H and O–H groups in total. The number of allylic oxidation sites excluding steroid dienone is 1. The number of carboxylic acid groups (broad SMARTS) is 1. The molecule has 176 valence electrons. The van der Waals surface area contributed by atoms with Crippen molar-refractivity contribution in [3.63, 3.8) is 0 Å². The predicted octanol–water partition coefficient (Wildman–Crippen LogP) is 5.87. The zero-order chi connectivity index (χ0) is 24.4. The number of hydrogen-bond donors (Lipinski definition) is 1. The summed E-state index contributed by atoms with van der Waals surface area (Å²) in [4.78, 5) is 41.0. The Morgan fingerprint density at radius 1 is 1.26 bits per heavy atom. The van der Waals surface area contributed by atoms with E-state index in [1.165, 1.54) is 43.9 Å². The van der Waals surface area contributed by atoms with E-state index < -0.39 is 21.1 Å². The maximum absolute atomic E-state index is 12.6. The number of amides is 1. The van der Waals surface area contributed by atoms with Gasteiger partial charge in [-0.2, -0.15) is 0 Å². The zero-order valence-corrected chi connectivity index (χ0v) is 21.7. The number of benzene rings is 2. The van der Waals surface area contributed by atoms with Gasteiger partial charge in [-0.3, -0.25) is 19.8 Å². The molecule has 0 aliphatic carbocycles. The molecule has 34 heavy (non-hydrogen) atoms. The third kappa shape index (κ3) is 4.99. The van der Waals surface area contributed by atoms with Crippen molar-refractivity contribution >= 4 is 76.6 Å². The van der Waals surface area contributed by atoms with Gasteiger partial charge in [-0.05, 0) is 48.3 Å². The Morgan fingerprint density at radius 2 is 1.97 bits per heavy atom. The number of carboxylic acids is 1. The fourth-order valence-corrected chi connectivity index (χ4v) is 8.61. The molecule has 1 aromatic heterocycles. The summed E-state index contributed by atoms with van der Waals surface area (Å²) in [7, 11) is 2.78. The topological polar surface area (TPSA) is 114 Å². The number of aromatic nitrogens is 1. The summed E-state index contributed by atoms with van der Waals surface area (Å²) in [6, 6.07) is 14.2. The average Bonchev–Trinajstić information content (AvgIpc) is 3.24. The number of rotatable bonds is 9. The Balaban J connectivity index is 1.52. The van der Waals surface area contributed by atoms with Gasteiger partial charge in [0.25, 0.3) is 5.69 Å². The largest absolute Gasteiger partial charge is 0.477 e. The summed E-state index contributed by atoms with van der Waals surface area (Å²) in [6.07, 6.45) is 0.559. The summed E-state index contributed by atoms with van der Waals surface area (Å²) in [6.45, 7) is 1.65. The van der Waals surface area contributed by atoms with E-state index in [-0.39, 0.29) is 30.1 Å². The number of carbonyl (C=O) groups is 2. The highest BCUT2D eigenvalue weighted by atomic mass is 79.9. The first-order chi connectivity index (χ1) is 16.3. The number of nitro benzene ring substituents is 1. The number of halogens is 1. The second-order valence-electron chi connectivity index (χ2n) is 7.45. The Bertz CT molecular complexity index is 1280. The van der Waals surface area contributed by atoms with E-state index in [0.717, 1.165) is 14.6 Å². The number of aliphatic carboxylic acids is 1. The smallest absolute Gasteiger partial charge is 0.352 e. The number of hydrogen-bond acceptors (Lipinski definition) is 8. The van der Waals surface area contributed by atoms with Crippen LogP contribution in [0.1, 0.15) is 18.9 Å². The molecular weight excluding hydrogens is 562 g/mol. The molecule has 2 atom stereocenters. The molecule has 1 saturated heterocycles. The van der Waals surface area contributed by atoms with E-state index in [2.05, 4.69) is 20.9 Å². The van der Waals surface area contributed by atoms with E-state index in [9.17, 15) is 24.8 Å². The van der Waals surface area contributed by atoms with Crippen LogP contribution in [0.5, 0.6) is 0 Å². The standard InChI is InChI=1S/C22H18BrN3O5S3/c1-12(10-11-13-6-2-4-8-15(13)26(30)31)18(21(28)29)25-19(27)17(23)20(25)33-34-22-24-14-7-3-5-9-16(14)32-22/h2-9,17,20H,10-11H2,1H3,(H,28,29)/b18-12-/t17-,20+/m0/s1. The first-order valence-corrected chi connectivity index (χ1v) is 14.0. The van der Waals surface area contributed by atoms with Crippen LogP contribution in [0.2, 0.25) is 0 Å². The second kappa shape index (κ2) is 10.5. The van der Waals surface area contributed by atoms with Gasteiger partial charge in [-0.1, -0.05) is 57.1 Å². The van der Waals surface area contributed by atoms with Crippen LogP contribution in [-0.4, -0.2) is 42.0 Å². The van der Waals surface area contributed by atoms with Gasteiger partial charge in [-0.15, -0.1) is 11.3 Å². The molecule has 12 heteroatoms. The Hall–Kier alpha value is -2.41. The summed E-state index contributed by atoms with van der Waals surface area (Å²) >= 11 is 4.91. The first kappa shape index (κ1) is 24.7. The third-order valence-corrected chi connectivity index (χ3v) is 10.5. The molecule has 1 aliphatic heterocycles. The molecule has 2 heterocycles. The molecule has 3 aromatic rings. The minimum absolute atomic E-state index is 0.00612. The number of β-lactam (4-membered cyclic amide) rings is 1. The lowest BCUT2D eigenvalue weighted by atomic mass is 10.0. The van der Waals surface area contributed by atoms with Crippen molar-refractivity contribution < 1.29 is 19.6 Å². The highest BCUT2D eigenvalue weighted by Crippen LogP contribution is 2.47. The van der Waals surface area contributed by atoms with Crippen LogP contribution in [-0.2, 0) is 16.0 Å². The first-order valence-electron chi connectivity index (χ1n) is 10.1. The lowest BCUT2D eigenvalue weighted by Gasteiger charge is -2.44. The lowest BCUT2D eigenvalue weighted by molar-refractivity contribution is -0.385. The number of fused-ring (bicyclic) bond motifs is 1. The minimum Gasteiger partial charge on any atom is -0.477 e. The quantitative estimate of drug-likeness (QED) is 0.0836. The van der Waals surface area contributed by atoms with Crippen molar-refractivity contribution in [3.8, 4) is 0 Å². The summed E-state index contributed by atoms with van der Waals surface area (Å²) in [5.41, 5.74) is 1.80. The molecule has 1 fully saturated rings. The van der Waals surface area contributed by atoms with E-state index in [0.29, 0.717) is 11.1 Å². The van der Waals surface area contributed by atoms with Gasteiger partial charge < -0.3 is 5.11 Å². The molecule has 4 rings (SSSR count). The Morgan fingerprint density at radius 3 is 2.68 bits per heavy atom. The van der Waals surface area contributed by atoms with E-state index in [1.54, 1.807) is 25.1 Å². The SMILES string of the molecule is C/C(CCc1ccccc1[N+](=O)[O-])=C(\C(=O)O)N1C(=O)[C@H](Br)[C@H]1SSc1nc2ccccc2s1. The van der Waals surface area contributed by atoms with Crippen LogP contribution >= 0.6 is 48.9 Å². The van der Waals surface area contributed by atoms with Crippen molar-refractivity contribution in [2.45, 2.75) is 34.3 Å². The van der Waals surface area contributed by atoms with Gasteiger partial charge in [0.15, 0.2) is 4.34 Å². The number of alkyl halides is 1. The maximum atomic E-state index is 12.6. The normalized spacial score (nSPS) is 18.5. The van der Waals surface area contributed by atoms with Crippen LogP contribution in [0.25, 0.3) is 10.2 Å². The van der Waals surface area contributed by atoms with E-state index in [1.807, 2.05) is 24.3 Å². The third-order valence-electron chi connectivity index (χ3n) is 5.28. The van der Waals surface area contributed by atoms with Gasteiger partial charge in [0.1, 0.15) is 15.9 Å². The van der Waals surface area contributed by atoms with Crippen LogP contribution in [0.15, 0.2) is 64.1 Å². The molecule has 0 bridgehead atoms. The fourth-order valence-electron chi connectivity index (χ4n) is 3.57. The second-order valence-corrected chi connectivity index (χ2v) is 12.0. The number of aryl methyl sites for hydroxylation is 1. The number of nitrogens with zero attached hydrogens (tertiary/aromatic N) is 3. The van der Waals surface area contributed by atoms with Gasteiger partial charge >= 0.3 is 5.97 Å². The van der Waals surface area contributed by atoms with Gasteiger partial charge in [-0.25, -0.2) is 9.78 Å². The number of carbonyl (C=O) groups excluding carboxylic acids is 1. The predicted molar refractivity (Wildman–Crippen MR) is 138 cm³/mol. The minimum atomic E-state index is -1.21. The number of para-hydroxylation sites is 2. The van der Waals surface area contributed by atoms with E-state index >= 15 is 0 Å². The molecule has 8 nitrogen and oxygen atoms in total. The summed E-state index contributed by atoms with van der Waals surface area (Å²) in [5, 5.41) is 20.8. The molecule has 0 unspecified atom stereocenters. The fraction of sp³-hybridized carbons (Fsp3) is 0.227. The summed E-state index contributed by atoms with van der Waals surface area (Å²) < 4.78 is 1.87. The molecule has 1 aliphatic rings. The van der Waals surface area contributed by atoms with Crippen molar-refractivity contribution in [3.05, 3.63) is 75.5 Å². The molecule has 0 saturated carbocycles. The molecule has 0 radical (unpaired) electrons. The summed E-state index contributed by atoms with van der Waals surface area (Å²) in [5.74, 6) is -1.53. The Kier molecular flexibility index (Phi) is 7.60. The zero-order valence-electron chi connectivity index (χ0n) is 17.7. The highest BCUT2D eigenvalue weighted by molar-refractivity contribution is 9.10. The molecule has 2 aromatic carbocycles. The highest BCUT2D eigenvalue weighted by Gasteiger charge is 2.50. The molecule has 1 amide bonds. The molecule has 0 spiro atoms. The van der Waals surface area contributed by atoms with Gasteiger partial charge in [0.2, 0.25) is 5.91 Å². The van der Waals surface area contributed by atoms with Crippen molar-refractivity contribution in [1.29, 1.82) is 0 Å². The molecular formula is C22H18BrN3O5S3. The van der Waals surface area contributed by atoms with Gasteiger partial charge in [0.05, 0.1) is 15.1 Å². The van der Waals surface area contributed by atoms with Crippen molar-refractivity contribution in [1.82, 2.24) is 9.88 Å². The maximum Gasteiger partial charge on any atom is 0.352 e. The Labute approximate surface area is 215 Å². The average molecular weight is 581 g/mol. The van der Waals surface area contributed by atoms with Crippen LogP contribution in [0.3, 0.4) is 0 Å². The van der Waals surface area contributed by atoms with Crippen LogP contribution in [0, 0.1) is 10.1 Å². The van der Waals surface area contributed by atoms with Crippen molar-refractivity contribution in [2.24, 2.45) is 0 Å². The number of nitro groups is 1. The number of likely N-dealkylation sites (tertiary alicyclic amines) is 1. The van der Waals surface area contributed by atoms with Crippen LogP contribution in [0.4, 0.5) is 5.69 Å². The van der Waals surface area contributed by atoms with E-state index in [4.69, 9.17) is 0 Å². The number of thiazole rings is 1. The van der Waals surface area contributed by atoms with Crippen LogP contribution < -0.4 is 0 Å². The lowest BCUT2D eigenvalue weighted by Crippen LogP contribution is -2.60.